The highest BCUT2D eigenvalue weighted by Gasteiger charge is 2.53. The van der Waals surface area contributed by atoms with E-state index in [4.69, 9.17) is 5.73 Å². The van der Waals surface area contributed by atoms with Crippen LogP contribution in [0, 0.1) is 0 Å². The third-order valence-electron chi connectivity index (χ3n) is 4.09. The van der Waals surface area contributed by atoms with E-state index in [0.29, 0.717) is 18.4 Å². The molecule has 2 N–H and O–H groups in total. The Kier molecular flexibility index (Phi) is 2.26. The van der Waals surface area contributed by atoms with Crippen molar-refractivity contribution in [3.63, 3.8) is 0 Å². The van der Waals surface area contributed by atoms with Gasteiger partial charge < -0.3 is 10.6 Å². The standard InChI is InChI=1S/C12H18N4O/c1-2-6-16-11(17)14-10(13)12(16)5-7-15(8-12)9-3-4-9/h2,9H,1,3-8H2,(H2,13,14,17). The Hall–Kier alpha value is -1.36. The number of carbonyl (C=O) groups is 1. The Labute approximate surface area is 101 Å². The zero-order valence-electron chi connectivity index (χ0n) is 9.93. The lowest BCUT2D eigenvalue weighted by Crippen LogP contribution is -2.56. The highest BCUT2D eigenvalue weighted by molar-refractivity contribution is 6.06. The van der Waals surface area contributed by atoms with Gasteiger partial charge in [0, 0.05) is 25.7 Å². The minimum atomic E-state index is -0.353. The van der Waals surface area contributed by atoms with Gasteiger partial charge in [-0.25, -0.2) is 4.79 Å². The van der Waals surface area contributed by atoms with Crippen molar-refractivity contribution < 1.29 is 4.79 Å². The van der Waals surface area contributed by atoms with Crippen LogP contribution in [0.15, 0.2) is 17.6 Å². The monoisotopic (exact) mass is 234 g/mol. The Bertz CT molecular complexity index is 401. The van der Waals surface area contributed by atoms with E-state index < -0.39 is 0 Å². The van der Waals surface area contributed by atoms with Crippen molar-refractivity contribution >= 4 is 11.9 Å². The first-order valence-electron chi connectivity index (χ1n) is 6.18. The number of hydrogen-bond acceptors (Lipinski definition) is 3. The first-order chi connectivity index (χ1) is 8.17. The lowest BCUT2D eigenvalue weighted by Gasteiger charge is -2.33. The van der Waals surface area contributed by atoms with Gasteiger partial charge in [0.25, 0.3) is 0 Å². The molecule has 5 nitrogen and oxygen atoms in total. The molecule has 1 aliphatic carbocycles. The molecule has 0 bridgehead atoms. The summed E-state index contributed by atoms with van der Waals surface area (Å²) >= 11 is 0. The summed E-state index contributed by atoms with van der Waals surface area (Å²) in [4.78, 5) is 20.0. The molecule has 0 aromatic heterocycles. The van der Waals surface area contributed by atoms with Crippen LogP contribution in [0.25, 0.3) is 0 Å². The van der Waals surface area contributed by atoms with Crippen molar-refractivity contribution in [3.05, 3.63) is 12.7 Å². The molecular weight excluding hydrogens is 216 g/mol. The van der Waals surface area contributed by atoms with E-state index in [1.165, 1.54) is 12.8 Å². The second kappa shape index (κ2) is 3.57. The first kappa shape index (κ1) is 10.8. The van der Waals surface area contributed by atoms with Crippen LogP contribution >= 0.6 is 0 Å². The number of hydrogen-bond donors (Lipinski definition) is 1. The number of aliphatic imine (C=N–C) groups is 1. The van der Waals surface area contributed by atoms with Crippen LogP contribution in [0.2, 0.25) is 0 Å². The van der Waals surface area contributed by atoms with E-state index in [-0.39, 0.29) is 11.6 Å². The Morgan fingerprint density at radius 3 is 3.00 bits per heavy atom. The zero-order valence-corrected chi connectivity index (χ0v) is 9.93. The van der Waals surface area contributed by atoms with Crippen molar-refractivity contribution in [3.8, 4) is 0 Å². The molecule has 3 aliphatic rings. The average Bonchev–Trinajstić information content (AvgIpc) is 3.01. The van der Waals surface area contributed by atoms with Gasteiger partial charge in [0.1, 0.15) is 11.4 Å². The van der Waals surface area contributed by atoms with Crippen LogP contribution < -0.4 is 5.73 Å². The maximum Gasteiger partial charge on any atom is 0.346 e. The Morgan fingerprint density at radius 2 is 2.35 bits per heavy atom. The molecule has 2 amide bonds. The highest BCUT2D eigenvalue weighted by Crippen LogP contribution is 2.38. The SMILES string of the molecule is C=CCN1C(=O)N=C(N)C12CCN(C1CC1)C2. The number of nitrogens with zero attached hydrogens (tertiary/aromatic N) is 3. The van der Waals surface area contributed by atoms with Gasteiger partial charge in [-0.1, -0.05) is 6.08 Å². The number of amidine groups is 1. The molecule has 17 heavy (non-hydrogen) atoms. The Morgan fingerprint density at radius 1 is 1.59 bits per heavy atom. The minimum absolute atomic E-state index is 0.208. The lowest BCUT2D eigenvalue weighted by atomic mass is 9.96. The predicted molar refractivity (Wildman–Crippen MR) is 65.9 cm³/mol. The van der Waals surface area contributed by atoms with E-state index in [1.54, 1.807) is 11.0 Å². The van der Waals surface area contributed by atoms with E-state index in [2.05, 4.69) is 16.5 Å². The van der Waals surface area contributed by atoms with Crippen LogP contribution in [0.4, 0.5) is 4.79 Å². The van der Waals surface area contributed by atoms with E-state index in [1.807, 2.05) is 0 Å². The fourth-order valence-corrected chi connectivity index (χ4v) is 2.97. The third kappa shape index (κ3) is 1.49. The molecule has 0 aromatic rings. The molecule has 1 saturated carbocycles. The van der Waals surface area contributed by atoms with Crippen molar-refractivity contribution in [1.82, 2.24) is 9.80 Å². The third-order valence-corrected chi connectivity index (χ3v) is 4.09. The molecular formula is C12H18N4O. The maximum absolute atomic E-state index is 11.8. The van der Waals surface area contributed by atoms with Gasteiger partial charge >= 0.3 is 6.03 Å². The Balaban J connectivity index is 1.85. The van der Waals surface area contributed by atoms with Gasteiger partial charge in [0.05, 0.1) is 0 Å². The number of likely N-dealkylation sites (tertiary alicyclic amines) is 1. The summed E-state index contributed by atoms with van der Waals surface area (Å²) < 4.78 is 0. The number of urea groups is 1. The van der Waals surface area contributed by atoms with Crippen molar-refractivity contribution in [2.75, 3.05) is 19.6 Å². The molecule has 0 aromatic carbocycles. The van der Waals surface area contributed by atoms with Gasteiger partial charge in [-0.2, -0.15) is 4.99 Å². The summed E-state index contributed by atoms with van der Waals surface area (Å²) in [6, 6.07) is 0.503. The molecule has 1 saturated heterocycles. The summed E-state index contributed by atoms with van der Waals surface area (Å²) in [5.74, 6) is 0.493. The zero-order chi connectivity index (χ0) is 12.0. The molecule has 2 heterocycles. The number of nitrogens with two attached hydrogens (primary N) is 1. The molecule has 5 heteroatoms. The minimum Gasteiger partial charge on any atom is -0.385 e. The summed E-state index contributed by atoms with van der Waals surface area (Å²) in [7, 11) is 0. The first-order valence-corrected chi connectivity index (χ1v) is 6.18. The van der Waals surface area contributed by atoms with Gasteiger partial charge in [0.2, 0.25) is 0 Å². The molecule has 3 rings (SSSR count). The maximum atomic E-state index is 11.8. The summed E-state index contributed by atoms with van der Waals surface area (Å²) in [5, 5.41) is 0. The van der Waals surface area contributed by atoms with Crippen LogP contribution in [0.1, 0.15) is 19.3 Å². The normalized spacial score (nSPS) is 33.5. The molecule has 2 fully saturated rings. The van der Waals surface area contributed by atoms with Crippen LogP contribution in [-0.4, -0.2) is 52.9 Å². The second-order valence-corrected chi connectivity index (χ2v) is 5.16. The van der Waals surface area contributed by atoms with Gasteiger partial charge in [-0.05, 0) is 19.3 Å². The molecule has 1 spiro atoms. The molecule has 1 unspecified atom stereocenters. The van der Waals surface area contributed by atoms with Crippen molar-refractivity contribution in [1.29, 1.82) is 0 Å². The van der Waals surface area contributed by atoms with Crippen LogP contribution in [0.5, 0.6) is 0 Å². The van der Waals surface area contributed by atoms with Crippen LogP contribution in [-0.2, 0) is 0 Å². The molecule has 92 valence electrons. The summed E-state index contributed by atoms with van der Waals surface area (Å²) in [5.41, 5.74) is 5.64. The second-order valence-electron chi connectivity index (χ2n) is 5.16. The summed E-state index contributed by atoms with van der Waals surface area (Å²) in [6.07, 6.45) is 5.21. The average molecular weight is 234 g/mol. The van der Waals surface area contributed by atoms with E-state index in [0.717, 1.165) is 19.5 Å². The van der Waals surface area contributed by atoms with Crippen molar-refractivity contribution in [2.24, 2.45) is 10.7 Å². The predicted octanol–water partition coefficient (Wildman–Crippen LogP) is 0.572. The van der Waals surface area contributed by atoms with E-state index >= 15 is 0 Å². The number of amides is 2. The van der Waals surface area contributed by atoms with Crippen molar-refractivity contribution in [2.45, 2.75) is 30.8 Å². The molecule has 2 aliphatic heterocycles. The van der Waals surface area contributed by atoms with Gasteiger partial charge in [0.15, 0.2) is 0 Å². The fourth-order valence-electron chi connectivity index (χ4n) is 2.97. The van der Waals surface area contributed by atoms with E-state index in [9.17, 15) is 4.79 Å². The largest absolute Gasteiger partial charge is 0.385 e. The van der Waals surface area contributed by atoms with Gasteiger partial charge in [-0.15, -0.1) is 6.58 Å². The number of carbonyl (C=O) groups excluding carboxylic acids is 1. The quantitative estimate of drug-likeness (QED) is 0.726. The topological polar surface area (TPSA) is 61.9 Å². The highest BCUT2D eigenvalue weighted by atomic mass is 16.2. The molecule has 1 atom stereocenters. The molecule has 0 radical (unpaired) electrons. The van der Waals surface area contributed by atoms with Crippen LogP contribution in [0.3, 0.4) is 0 Å². The lowest BCUT2D eigenvalue weighted by molar-refractivity contribution is 0.178. The van der Waals surface area contributed by atoms with Gasteiger partial charge in [-0.3, -0.25) is 4.90 Å². The smallest absolute Gasteiger partial charge is 0.346 e. The summed E-state index contributed by atoms with van der Waals surface area (Å²) in [6.45, 7) is 6.09. The number of rotatable bonds is 3. The fraction of sp³-hybridized carbons (Fsp3) is 0.667.